The van der Waals surface area contributed by atoms with Crippen LogP contribution in [0.2, 0.25) is 0 Å². The fourth-order valence-corrected chi connectivity index (χ4v) is 4.63. The van der Waals surface area contributed by atoms with E-state index < -0.39 is 29.8 Å². The number of nitrogens with zero attached hydrogens (tertiary/aromatic N) is 5. The van der Waals surface area contributed by atoms with Gasteiger partial charge in [-0.3, -0.25) is 19.3 Å². The summed E-state index contributed by atoms with van der Waals surface area (Å²) in [6.07, 6.45) is 3.52. The maximum atomic E-state index is 13.4. The highest BCUT2D eigenvalue weighted by Gasteiger charge is 2.39. The van der Waals surface area contributed by atoms with Crippen molar-refractivity contribution in [1.29, 1.82) is 0 Å². The number of halogens is 1. The van der Waals surface area contributed by atoms with Gasteiger partial charge in [0.1, 0.15) is 40.4 Å². The van der Waals surface area contributed by atoms with E-state index in [2.05, 4.69) is 20.7 Å². The predicted molar refractivity (Wildman–Crippen MR) is 145 cm³/mol. The number of rotatable bonds is 6. The van der Waals surface area contributed by atoms with Gasteiger partial charge in [0.15, 0.2) is 5.65 Å². The molecular weight excluding hydrogens is 521 g/mol. The molecule has 0 radical (unpaired) electrons. The molecule has 0 saturated heterocycles. The Kier molecular flexibility index (Phi) is 7.06. The molecule has 2 aliphatic rings. The molecule has 3 aromatic heterocycles. The van der Waals surface area contributed by atoms with Crippen LogP contribution < -0.4 is 21.1 Å². The summed E-state index contributed by atoms with van der Waals surface area (Å²) in [7, 11) is 1.49. The van der Waals surface area contributed by atoms with E-state index in [4.69, 9.17) is 4.74 Å². The fourth-order valence-electron chi connectivity index (χ4n) is 4.63. The van der Waals surface area contributed by atoms with Gasteiger partial charge < -0.3 is 19.9 Å². The zero-order chi connectivity index (χ0) is 28.8. The number of ether oxygens (including phenoxy) is 1. The van der Waals surface area contributed by atoms with E-state index in [9.17, 15) is 23.6 Å². The second-order valence-electron chi connectivity index (χ2n) is 11.2. The molecule has 2 N–H and O–H groups in total. The van der Waals surface area contributed by atoms with Gasteiger partial charge in [-0.2, -0.15) is 9.61 Å². The SMILES string of the molecule is CN(C(=O)OC(C)(C)C)c1cc(Nc2cccn(C3CCC(=O)CC3)c2=O)nc2c(C(=O)NC3CC3F)cnn12. The average Bonchev–Trinajstić information content (AvgIpc) is 3.40. The van der Waals surface area contributed by atoms with Crippen LogP contribution in [0, 0.1) is 0 Å². The van der Waals surface area contributed by atoms with Gasteiger partial charge in [-0.05, 0) is 45.7 Å². The molecule has 0 spiro atoms. The Morgan fingerprint density at radius 2 is 1.90 bits per heavy atom. The van der Waals surface area contributed by atoms with Gasteiger partial charge in [-0.15, -0.1) is 0 Å². The Hall–Kier alpha value is -4.29. The Balaban J connectivity index is 1.53. The summed E-state index contributed by atoms with van der Waals surface area (Å²) < 4.78 is 21.9. The minimum Gasteiger partial charge on any atom is -0.443 e. The maximum absolute atomic E-state index is 13.4. The molecule has 2 fully saturated rings. The van der Waals surface area contributed by atoms with Crippen molar-refractivity contribution < 1.29 is 23.5 Å². The first kappa shape index (κ1) is 27.3. The first-order chi connectivity index (χ1) is 18.9. The standard InChI is InChI=1S/C27H32FN7O5/c1-27(2,3)40-26(39)33(4)22-13-21(32-23-17(14-29-35(22)23)24(37)31-20-12-18(20)28)30-19-6-5-11-34(25(19)38)15-7-9-16(36)10-8-15/h5-6,11,13-15,18,20H,7-10,12H2,1-4H3,(H,30,32)(H,31,37). The first-order valence-electron chi connectivity index (χ1n) is 13.2. The number of hydrogen-bond acceptors (Lipinski definition) is 8. The molecule has 5 rings (SSSR count). The van der Waals surface area contributed by atoms with Crippen LogP contribution in [0.4, 0.5) is 26.5 Å². The minimum atomic E-state index is -1.09. The van der Waals surface area contributed by atoms with Gasteiger partial charge in [-0.1, -0.05) is 0 Å². The number of anilines is 3. The van der Waals surface area contributed by atoms with E-state index >= 15 is 0 Å². The van der Waals surface area contributed by atoms with Crippen LogP contribution in [0.15, 0.2) is 35.4 Å². The normalized spacial score (nSPS) is 19.4. The summed E-state index contributed by atoms with van der Waals surface area (Å²) in [5.41, 5.74) is -0.643. The molecule has 13 heteroatoms. The van der Waals surface area contributed by atoms with E-state index in [0.29, 0.717) is 25.7 Å². The number of carbonyl (C=O) groups is 3. The molecule has 0 aliphatic heterocycles. The molecule has 0 aromatic carbocycles. The third kappa shape index (κ3) is 5.68. The number of ketones is 1. The van der Waals surface area contributed by atoms with Crippen molar-refractivity contribution in [2.24, 2.45) is 0 Å². The summed E-state index contributed by atoms with van der Waals surface area (Å²) in [6.45, 7) is 5.22. The third-order valence-electron chi connectivity index (χ3n) is 6.88. The first-order valence-corrected chi connectivity index (χ1v) is 13.2. The molecule has 2 aliphatic carbocycles. The number of hydrogen-bond donors (Lipinski definition) is 2. The van der Waals surface area contributed by atoms with E-state index in [0.717, 1.165) is 0 Å². The lowest BCUT2D eigenvalue weighted by Gasteiger charge is -2.25. The Morgan fingerprint density at radius 1 is 1.20 bits per heavy atom. The fraction of sp³-hybridized carbons (Fsp3) is 0.481. The number of amides is 2. The van der Waals surface area contributed by atoms with Gasteiger partial charge >= 0.3 is 6.09 Å². The van der Waals surface area contributed by atoms with Crippen molar-refractivity contribution in [3.63, 3.8) is 0 Å². The summed E-state index contributed by atoms with van der Waals surface area (Å²) in [5, 5.41) is 9.91. The lowest BCUT2D eigenvalue weighted by atomic mass is 9.94. The smallest absolute Gasteiger partial charge is 0.415 e. The Labute approximate surface area is 229 Å². The third-order valence-corrected chi connectivity index (χ3v) is 6.88. The monoisotopic (exact) mass is 553 g/mol. The van der Waals surface area contributed by atoms with E-state index in [1.54, 1.807) is 43.7 Å². The van der Waals surface area contributed by atoms with Crippen molar-refractivity contribution in [3.05, 3.63) is 46.5 Å². The van der Waals surface area contributed by atoms with Crippen LogP contribution in [0.25, 0.3) is 5.65 Å². The molecule has 0 bridgehead atoms. The maximum Gasteiger partial charge on any atom is 0.415 e. The van der Waals surface area contributed by atoms with Crippen molar-refractivity contribution >= 4 is 40.8 Å². The second-order valence-corrected chi connectivity index (χ2v) is 11.2. The number of Topliss-reactive ketones (excluding diaryl/α,β-unsaturated/α-hetero) is 1. The number of aromatic nitrogens is 4. The van der Waals surface area contributed by atoms with Gasteiger partial charge in [0.05, 0.1) is 12.2 Å². The molecule has 12 nitrogen and oxygen atoms in total. The summed E-state index contributed by atoms with van der Waals surface area (Å²) in [4.78, 5) is 56.6. The number of nitrogens with one attached hydrogen (secondary N) is 2. The molecule has 40 heavy (non-hydrogen) atoms. The molecule has 3 heterocycles. The molecule has 212 valence electrons. The second kappa shape index (κ2) is 10.4. The van der Waals surface area contributed by atoms with Gasteiger partial charge in [-0.25, -0.2) is 14.2 Å². The van der Waals surface area contributed by atoms with Crippen LogP contribution in [0.1, 0.15) is 69.3 Å². The molecule has 2 unspecified atom stereocenters. The van der Waals surface area contributed by atoms with E-state index in [1.165, 1.54) is 28.7 Å². The predicted octanol–water partition coefficient (Wildman–Crippen LogP) is 3.53. The summed E-state index contributed by atoms with van der Waals surface area (Å²) >= 11 is 0. The topological polar surface area (TPSA) is 140 Å². The number of fused-ring (bicyclic) bond motifs is 1. The highest BCUT2D eigenvalue weighted by Crippen LogP contribution is 2.28. The van der Waals surface area contributed by atoms with Crippen LogP contribution in [-0.2, 0) is 9.53 Å². The molecule has 2 saturated carbocycles. The average molecular weight is 554 g/mol. The lowest BCUT2D eigenvalue weighted by Crippen LogP contribution is -2.35. The molecule has 2 amide bonds. The van der Waals surface area contributed by atoms with E-state index in [-0.39, 0.29) is 52.3 Å². The number of pyridine rings is 1. The van der Waals surface area contributed by atoms with Crippen molar-refractivity contribution in [1.82, 2.24) is 24.5 Å². The minimum absolute atomic E-state index is 0.0823. The highest BCUT2D eigenvalue weighted by molar-refractivity contribution is 6.01. The largest absolute Gasteiger partial charge is 0.443 e. The van der Waals surface area contributed by atoms with Crippen LogP contribution in [0.5, 0.6) is 0 Å². The highest BCUT2D eigenvalue weighted by atomic mass is 19.1. The van der Waals surface area contributed by atoms with Crippen molar-refractivity contribution in [2.45, 2.75) is 76.7 Å². The van der Waals surface area contributed by atoms with Crippen molar-refractivity contribution in [3.8, 4) is 0 Å². The number of carbonyl (C=O) groups excluding carboxylic acids is 3. The molecular formula is C27H32FN7O5. The van der Waals surface area contributed by atoms with Crippen LogP contribution >= 0.6 is 0 Å². The van der Waals surface area contributed by atoms with E-state index in [1.807, 2.05) is 0 Å². The summed E-state index contributed by atoms with van der Waals surface area (Å²) in [5.74, 6) is 0.0419. The quantitative estimate of drug-likeness (QED) is 0.473. The lowest BCUT2D eigenvalue weighted by molar-refractivity contribution is -0.120. The Morgan fingerprint density at radius 3 is 2.55 bits per heavy atom. The van der Waals surface area contributed by atoms with Crippen LogP contribution in [-0.4, -0.2) is 61.8 Å². The summed E-state index contributed by atoms with van der Waals surface area (Å²) in [6, 6.07) is 4.19. The van der Waals surface area contributed by atoms with Gasteiger partial charge in [0.2, 0.25) is 0 Å². The van der Waals surface area contributed by atoms with Crippen LogP contribution in [0.3, 0.4) is 0 Å². The zero-order valence-corrected chi connectivity index (χ0v) is 22.8. The Bertz CT molecular complexity index is 1530. The number of alkyl halides is 1. The molecule has 3 aromatic rings. The van der Waals surface area contributed by atoms with Gasteiger partial charge in [0.25, 0.3) is 11.5 Å². The molecule has 2 atom stereocenters. The zero-order valence-electron chi connectivity index (χ0n) is 22.8. The van der Waals surface area contributed by atoms with Gasteiger partial charge in [0, 0.05) is 44.6 Å². The van der Waals surface area contributed by atoms with Crippen molar-refractivity contribution in [2.75, 3.05) is 17.3 Å².